The number of amides is 1. The zero-order valence-electron chi connectivity index (χ0n) is 7.36. The summed E-state index contributed by atoms with van der Waals surface area (Å²) in [6, 6.07) is 0. The highest BCUT2D eigenvalue weighted by Gasteiger charge is 2.30. The Morgan fingerprint density at radius 1 is 1.85 bits per heavy atom. The van der Waals surface area contributed by atoms with Gasteiger partial charge in [0, 0.05) is 19.5 Å². The Bertz CT molecular complexity index is 231. The Morgan fingerprint density at radius 2 is 2.46 bits per heavy atom. The van der Waals surface area contributed by atoms with Crippen molar-refractivity contribution < 1.29 is 14.7 Å². The van der Waals surface area contributed by atoms with Gasteiger partial charge in [-0.15, -0.1) is 11.6 Å². The topological polar surface area (TPSA) is 57.6 Å². The molecule has 1 amide bonds. The summed E-state index contributed by atoms with van der Waals surface area (Å²) in [6.45, 7) is 2.31. The number of carboxylic acid groups (broad SMARTS) is 1. The number of aliphatic carboxylic acids is 1. The number of halogens is 1. The zero-order chi connectivity index (χ0) is 10.0. The van der Waals surface area contributed by atoms with Crippen molar-refractivity contribution in [3.8, 4) is 0 Å². The summed E-state index contributed by atoms with van der Waals surface area (Å²) in [7, 11) is 0. The van der Waals surface area contributed by atoms with Gasteiger partial charge in [-0.25, -0.2) is 0 Å². The van der Waals surface area contributed by atoms with E-state index in [4.69, 9.17) is 16.7 Å². The van der Waals surface area contributed by atoms with E-state index in [1.165, 1.54) is 4.90 Å². The van der Waals surface area contributed by atoms with Crippen LogP contribution in [-0.2, 0) is 9.59 Å². The minimum absolute atomic E-state index is 0.0481. The van der Waals surface area contributed by atoms with Gasteiger partial charge in [-0.3, -0.25) is 9.59 Å². The summed E-state index contributed by atoms with van der Waals surface area (Å²) in [4.78, 5) is 23.2. The van der Waals surface area contributed by atoms with Gasteiger partial charge in [-0.05, 0) is 0 Å². The van der Waals surface area contributed by atoms with E-state index in [9.17, 15) is 9.59 Å². The SMILES string of the molecule is CC(CN1CC(Cl)CC1=O)C(=O)O. The first-order chi connectivity index (χ1) is 6.00. The number of alkyl halides is 1. The summed E-state index contributed by atoms with van der Waals surface area (Å²) in [5.74, 6) is -1.45. The molecule has 0 radical (unpaired) electrons. The van der Waals surface area contributed by atoms with Gasteiger partial charge in [0.05, 0.1) is 11.3 Å². The highest BCUT2D eigenvalue weighted by molar-refractivity contribution is 6.22. The maximum Gasteiger partial charge on any atom is 0.308 e. The van der Waals surface area contributed by atoms with Crippen molar-refractivity contribution >= 4 is 23.5 Å². The molecule has 0 aromatic heterocycles. The molecule has 1 heterocycles. The lowest BCUT2D eigenvalue weighted by Gasteiger charge is -2.17. The minimum atomic E-state index is -0.883. The van der Waals surface area contributed by atoms with E-state index in [1.54, 1.807) is 6.92 Å². The van der Waals surface area contributed by atoms with E-state index < -0.39 is 11.9 Å². The number of carbonyl (C=O) groups is 2. The van der Waals surface area contributed by atoms with Gasteiger partial charge in [0.25, 0.3) is 0 Å². The predicted molar refractivity (Wildman–Crippen MR) is 47.6 cm³/mol. The largest absolute Gasteiger partial charge is 0.481 e. The third kappa shape index (κ3) is 2.59. The first-order valence-corrected chi connectivity index (χ1v) is 4.59. The quantitative estimate of drug-likeness (QED) is 0.685. The standard InChI is InChI=1S/C8H12ClNO3/c1-5(8(12)13)3-10-4-6(9)2-7(10)11/h5-6H,2-4H2,1H3,(H,12,13). The van der Waals surface area contributed by atoms with Crippen molar-refractivity contribution in [2.75, 3.05) is 13.1 Å². The van der Waals surface area contributed by atoms with E-state index in [0.29, 0.717) is 13.0 Å². The van der Waals surface area contributed by atoms with E-state index >= 15 is 0 Å². The lowest BCUT2D eigenvalue weighted by molar-refractivity contribution is -0.142. The van der Waals surface area contributed by atoms with Gasteiger partial charge in [0.1, 0.15) is 0 Å². The second-order valence-electron chi connectivity index (χ2n) is 3.34. The molecule has 13 heavy (non-hydrogen) atoms. The van der Waals surface area contributed by atoms with Crippen molar-refractivity contribution in [2.24, 2.45) is 5.92 Å². The van der Waals surface area contributed by atoms with Crippen LogP contribution in [0.2, 0.25) is 0 Å². The van der Waals surface area contributed by atoms with Crippen LogP contribution in [0.5, 0.6) is 0 Å². The number of hydrogen-bond acceptors (Lipinski definition) is 2. The summed E-state index contributed by atoms with van der Waals surface area (Å²) in [5.41, 5.74) is 0. The van der Waals surface area contributed by atoms with E-state index in [1.807, 2.05) is 0 Å². The highest BCUT2D eigenvalue weighted by atomic mass is 35.5. The fourth-order valence-corrected chi connectivity index (χ4v) is 1.61. The third-order valence-electron chi connectivity index (χ3n) is 2.08. The molecule has 0 bridgehead atoms. The van der Waals surface area contributed by atoms with Gasteiger partial charge < -0.3 is 10.0 Å². The monoisotopic (exact) mass is 205 g/mol. The number of rotatable bonds is 3. The van der Waals surface area contributed by atoms with Crippen molar-refractivity contribution in [2.45, 2.75) is 18.7 Å². The van der Waals surface area contributed by atoms with E-state index in [2.05, 4.69) is 0 Å². The zero-order valence-corrected chi connectivity index (χ0v) is 8.12. The van der Waals surface area contributed by atoms with E-state index in [-0.39, 0.29) is 17.8 Å². The van der Waals surface area contributed by atoms with Gasteiger partial charge in [-0.1, -0.05) is 6.92 Å². The second kappa shape index (κ2) is 3.96. The molecule has 1 fully saturated rings. The van der Waals surface area contributed by atoms with Crippen LogP contribution < -0.4 is 0 Å². The van der Waals surface area contributed by atoms with Crippen molar-refractivity contribution in [1.82, 2.24) is 4.90 Å². The molecule has 0 aliphatic carbocycles. The van der Waals surface area contributed by atoms with Gasteiger partial charge in [0.15, 0.2) is 0 Å². The number of hydrogen-bond donors (Lipinski definition) is 1. The van der Waals surface area contributed by atoms with Crippen molar-refractivity contribution in [3.63, 3.8) is 0 Å². The molecule has 2 unspecified atom stereocenters. The lowest BCUT2D eigenvalue weighted by atomic mass is 10.2. The van der Waals surface area contributed by atoms with Crippen LogP contribution in [0.3, 0.4) is 0 Å². The van der Waals surface area contributed by atoms with E-state index in [0.717, 1.165) is 0 Å². The number of nitrogens with zero attached hydrogens (tertiary/aromatic N) is 1. The van der Waals surface area contributed by atoms with Crippen LogP contribution in [-0.4, -0.2) is 40.3 Å². The molecule has 0 spiro atoms. The van der Waals surface area contributed by atoms with Gasteiger partial charge in [0.2, 0.25) is 5.91 Å². The average molecular weight is 206 g/mol. The summed E-state index contributed by atoms with van der Waals surface area (Å²) in [6.07, 6.45) is 0.327. The molecule has 0 aromatic rings. The van der Waals surface area contributed by atoms with Crippen LogP contribution in [0, 0.1) is 5.92 Å². The number of carbonyl (C=O) groups excluding carboxylic acids is 1. The smallest absolute Gasteiger partial charge is 0.308 e. The molecule has 0 saturated carbocycles. The van der Waals surface area contributed by atoms with Crippen LogP contribution in [0.1, 0.15) is 13.3 Å². The third-order valence-corrected chi connectivity index (χ3v) is 2.38. The first kappa shape index (κ1) is 10.3. The van der Waals surface area contributed by atoms with Crippen LogP contribution in [0.25, 0.3) is 0 Å². The maximum atomic E-state index is 11.2. The molecule has 1 rings (SSSR count). The predicted octanol–water partition coefficient (Wildman–Crippen LogP) is 0.547. The van der Waals surface area contributed by atoms with Crippen molar-refractivity contribution in [3.05, 3.63) is 0 Å². The molecular formula is C8H12ClNO3. The molecule has 4 nitrogen and oxygen atoms in total. The normalized spacial score (nSPS) is 24.9. The molecule has 1 saturated heterocycles. The molecule has 1 aliphatic rings. The number of carboxylic acids is 1. The molecule has 5 heteroatoms. The Kier molecular flexibility index (Phi) is 3.14. The molecule has 0 aromatic carbocycles. The second-order valence-corrected chi connectivity index (χ2v) is 3.96. The fraction of sp³-hybridized carbons (Fsp3) is 0.750. The number of likely N-dealkylation sites (tertiary alicyclic amines) is 1. The lowest BCUT2D eigenvalue weighted by Crippen LogP contribution is -2.33. The van der Waals surface area contributed by atoms with Gasteiger partial charge >= 0.3 is 5.97 Å². The summed E-state index contributed by atoms with van der Waals surface area (Å²) >= 11 is 5.75. The highest BCUT2D eigenvalue weighted by Crippen LogP contribution is 2.17. The average Bonchev–Trinajstić information content (AvgIpc) is 2.30. The molecule has 2 atom stereocenters. The van der Waals surface area contributed by atoms with Gasteiger partial charge in [-0.2, -0.15) is 0 Å². The summed E-state index contributed by atoms with van der Waals surface area (Å²) in [5, 5.41) is 8.46. The van der Waals surface area contributed by atoms with Crippen LogP contribution in [0.4, 0.5) is 0 Å². The Labute approximate surface area is 81.5 Å². The fourth-order valence-electron chi connectivity index (χ4n) is 1.31. The van der Waals surface area contributed by atoms with Crippen molar-refractivity contribution in [1.29, 1.82) is 0 Å². The minimum Gasteiger partial charge on any atom is -0.481 e. The Balaban J connectivity index is 2.46. The Morgan fingerprint density at radius 3 is 2.85 bits per heavy atom. The first-order valence-electron chi connectivity index (χ1n) is 4.15. The summed E-state index contributed by atoms with van der Waals surface area (Å²) < 4.78 is 0. The molecule has 1 aliphatic heterocycles. The molecule has 1 N–H and O–H groups in total. The van der Waals surface area contributed by atoms with Crippen LogP contribution >= 0.6 is 11.6 Å². The molecular weight excluding hydrogens is 194 g/mol. The molecule has 74 valence electrons. The maximum absolute atomic E-state index is 11.2. The Hall–Kier alpha value is -0.770. The van der Waals surface area contributed by atoms with Crippen LogP contribution in [0.15, 0.2) is 0 Å².